The van der Waals surface area contributed by atoms with Crippen LogP contribution in [0.1, 0.15) is 82.5 Å². The van der Waals surface area contributed by atoms with E-state index >= 15 is 0 Å². The van der Waals surface area contributed by atoms with Gasteiger partial charge in [-0.25, -0.2) is 14.6 Å². The van der Waals surface area contributed by atoms with Crippen LogP contribution >= 0.6 is 0 Å². The summed E-state index contributed by atoms with van der Waals surface area (Å²) < 4.78 is 14.0. The highest BCUT2D eigenvalue weighted by Gasteiger charge is 2.25. The van der Waals surface area contributed by atoms with Gasteiger partial charge < -0.3 is 20.2 Å². The molecule has 0 spiro atoms. The van der Waals surface area contributed by atoms with Gasteiger partial charge in [0.05, 0.1) is 46.5 Å². The molecule has 5 heterocycles. The first-order chi connectivity index (χ1) is 22.5. The Morgan fingerprint density at radius 2 is 1.63 bits per heavy atom. The highest BCUT2D eigenvalue weighted by molar-refractivity contribution is 6.03. The SMILES string of the molecule is CCC(=N)/C(C)=C(\NC1CCCOC1)c1cccc(-c2ccccc2-c2cccc(-c3c(C)c(CC)nn3C3CCCCO3)n2)n1. The third-order valence-corrected chi connectivity index (χ3v) is 9.17. The van der Waals surface area contributed by atoms with Crippen molar-refractivity contribution in [3.63, 3.8) is 0 Å². The van der Waals surface area contributed by atoms with E-state index in [-0.39, 0.29) is 12.3 Å². The topological polar surface area (TPSA) is 97.9 Å². The molecule has 3 aromatic heterocycles. The highest BCUT2D eigenvalue weighted by atomic mass is 16.5. The van der Waals surface area contributed by atoms with Crippen molar-refractivity contribution in [2.45, 2.75) is 84.9 Å². The van der Waals surface area contributed by atoms with Crippen molar-refractivity contribution in [3.05, 3.63) is 83.2 Å². The van der Waals surface area contributed by atoms with Crippen molar-refractivity contribution in [3.8, 4) is 33.9 Å². The molecule has 2 saturated heterocycles. The lowest BCUT2D eigenvalue weighted by molar-refractivity contribution is -0.0386. The Bertz CT molecular complexity index is 1710. The van der Waals surface area contributed by atoms with Gasteiger partial charge in [0.1, 0.15) is 0 Å². The second kappa shape index (κ2) is 14.5. The molecule has 1 aromatic carbocycles. The second-order valence-electron chi connectivity index (χ2n) is 12.3. The predicted molar refractivity (Wildman–Crippen MR) is 185 cm³/mol. The maximum atomic E-state index is 8.63. The molecule has 0 radical (unpaired) electrons. The molecule has 2 atom stereocenters. The molecule has 0 bridgehead atoms. The van der Waals surface area contributed by atoms with Crippen molar-refractivity contribution in [1.29, 1.82) is 5.41 Å². The van der Waals surface area contributed by atoms with E-state index in [1.165, 1.54) is 0 Å². The van der Waals surface area contributed by atoms with Crippen LogP contribution in [0.15, 0.2) is 66.2 Å². The highest BCUT2D eigenvalue weighted by Crippen LogP contribution is 2.35. The number of nitrogens with one attached hydrogen (secondary N) is 2. The smallest absolute Gasteiger partial charge is 0.150 e. The van der Waals surface area contributed by atoms with Crippen molar-refractivity contribution in [2.75, 3.05) is 19.8 Å². The van der Waals surface area contributed by atoms with Crippen LogP contribution in [0, 0.1) is 12.3 Å². The first-order valence-corrected chi connectivity index (χ1v) is 16.9. The van der Waals surface area contributed by atoms with Crippen molar-refractivity contribution >= 4 is 11.4 Å². The fourth-order valence-corrected chi connectivity index (χ4v) is 6.55. The minimum atomic E-state index is -0.0684. The molecule has 4 aromatic rings. The van der Waals surface area contributed by atoms with Gasteiger partial charge in [-0.15, -0.1) is 0 Å². The molecule has 8 nitrogen and oxygen atoms in total. The van der Waals surface area contributed by atoms with Crippen LogP contribution in [0.25, 0.3) is 39.6 Å². The van der Waals surface area contributed by atoms with E-state index in [1.807, 2.05) is 19.9 Å². The van der Waals surface area contributed by atoms with Gasteiger partial charge in [0.2, 0.25) is 0 Å². The summed E-state index contributed by atoms with van der Waals surface area (Å²) >= 11 is 0. The van der Waals surface area contributed by atoms with Gasteiger partial charge in [-0.3, -0.25) is 0 Å². The lowest BCUT2D eigenvalue weighted by atomic mass is 9.99. The van der Waals surface area contributed by atoms with E-state index < -0.39 is 0 Å². The zero-order chi connectivity index (χ0) is 32.0. The molecule has 0 saturated carbocycles. The summed E-state index contributed by atoms with van der Waals surface area (Å²) in [7, 11) is 0. The average Bonchev–Trinajstić information content (AvgIpc) is 3.46. The van der Waals surface area contributed by atoms with Gasteiger partial charge >= 0.3 is 0 Å². The summed E-state index contributed by atoms with van der Waals surface area (Å²) in [5, 5.41) is 17.3. The summed E-state index contributed by atoms with van der Waals surface area (Å²) in [5.41, 5.74) is 11.2. The van der Waals surface area contributed by atoms with Gasteiger partial charge in [-0.1, -0.05) is 50.2 Å². The minimum absolute atomic E-state index is 0.0684. The maximum Gasteiger partial charge on any atom is 0.150 e. The van der Waals surface area contributed by atoms with Crippen LogP contribution in [0.5, 0.6) is 0 Å². The van der Waals surface area contributed by atoms with Crippen molar-refractivity contribution in [2.24, 2.45) is 0 Å². The van der Waals surface area contributed by atoms with Crippen LogP contribution in [-0.4, -0.2) is 51.3 Å². The number of benzene rings is 1. The van der Waals surface area contributed by atoms with E-state index in [4.69, 9.17) is 29.9 Å². The summed E-state index contributed by atoms with van der Waals surface area (Å²) in [4.78, 5) is 10.5. The van der Waals surface area contributed by atoms with Crippen molar-refractivity contribution in [1.82, 2.24) is 25.1 Å². The normalized spacial score (nSPS) is 19.0. The molecule has 2 aliphatic rings. The molecule has 2 aliphatic heterocycles. The van der Waals surface area contributed by atoms with Crippen LogP contribution < -0.4 is 5.32 Å². The predicted octanol–water partition coefficient (Wildman–Crippen LogP) is 8.17. The summed E-state index contributed by atoms with van der Waals surface area (Å²) in [5.74, 6) is 0. The van der Waals surface area contributed by atoms with Gasteiger partial charge in [0, 0.05) is 36.1 Å². The minimum Gasteiger partial charge on any atom is -0.379 e. The Balaban J connectivity index is 1.40. The molecule has 46 heavy (non-hydrogen) atoms. The Kier molecular flexibility index (Phi) is 10.0. The molecular formula is C38H46N6O2. The van der Waals surface area contributed by atoms with Gasteiger partial charge in [-0.05, 0) is 94.2 Å². The summed E-state index contributed by atoms with van der Waals surface area (Å²) in [6.45, 7) is 10.6. The number of nitrogens with zero attached hydrogens (tertiary/aromatic N) is 4. The van der Waals surface area contributed by atoms with E-state index in [2.05, 4.69) is 78.4 Å². The standard InChI is InChI=1S/C38H46N6O2/c1-5-30(39)25(3)37(40-27-14-13-22-45-24-27)34-19-11-17-32(41-34)28-15-7-8-16-29(28)33-18-12-20-35(42-33)38-26(4)31(6-2)43-44(38)36-21-9-10-23-46-36/h7-8,11-12,15-20,27,36,39-40H,5-6,9-10,13-14,21-24H2,1-4H3/b37-25-,39-30?. The quantitative estimate of drug-likeness (QED) is 0.174. The van der Waals surface area contributed by atoms with Crippen LogP contribution in [0.4, 0.5) is 0 Å². The Hall–Kier alpha value is -4.14. The van der Waals surface area contributed by atoms with Crippen LogP contribution in [0.3, 0.4) is 0 Å². The number of hydrogen-bond acceptors (Lipinski definition) is 7. The molecule has 0 amide bonds. The number of aromatic nitrogens is 4. The van der Waals surface area contributed by atoms with E-state index in [1.54, 1.807) is 0 Å². The molecule has 0 aliphatic carbocycles. The van der Waals surface area contributed by atoms with Gasteiger partial charge in [0.15, 0.2) is 6.23 Å². The molecule has 2 unspecified atom stereocenters. The van der Waals surface area contributed by atoms with Crippen molar-refractivity contribution < 1.29 is 9.47 Å². The molecule has 240 valence electrons. The molecule has 6 rings (SSSR count). The summed E-state index contributed by atoms with van der Waals surface area (Å²) in [6.07, 6.45) is 6.70. The molecule has 2 N–H and O–H groups in total. The second-order valence-corrected chi connectivity index (χ2v) is 12.3. The molecular weight excluding hydrogens is 572 g/mol. The largest absolute Gasteiger partial charge is 0.379 e. The average molecular weight is 619 g/mol. The monoisotopic (exact) mass is 618 g/mol. The Morgan fingerprint density at radius 1 is 0.891 bits per heavy atom. The maximum absolute atomic E-state index is 8.63. The summed E-state index contributed by atoms with van der Waals surface area (Å²) in [6, 6.07) is 20.9. The third kappa shape index (κ3) is 6.69. The van der Waals surface area contributed by atoms with Crippen LogP contribution in [0.2, 0.25) is 0 Å². The Labute approximate surface area is 272 Å². The van der Waals surface area contributed by atoms with E-state index in [0.717, 1.165) is 114 Å². The fraction of sp³-hybridized carbons (Fsp3) is 0.421. The van der Waals surface area contributed by atoms with Gasteiger partial charge in [-0.2, -0.15) is 5.10 Å². The lowest BCUT2D eigenvalue weighted by Gasteiger charge is -2.27. The van der Waals surface area contributed by atoms with E-state index in [9.17, 15) is 0 Å². The fourth-order valence-electron chi connectivity index (χ4n) is 6.55. The zero-order valence-electron chi connectivity index (χ0n) is 27.6. The number of rotatable bonds is 10. The number of hydrogen-bond donors (Lipinski definition) is 2. The number of ether oxygens (including phenoxy) is 2. The molecule has 8 heteroatoms. The lowest BCUT2D eigenvalue weighted by Crippen LogP contribution is -2.36. The zero-order valence-corrected chi connectivity index (χ0v) is 27.6. The first kappa shape index (κ1) is 31.8. The van der Waals surface area contributed by atoms with E-state index in [0.29, 0.717) is 18.7 Å². The number of allylic oxidation sites excluding steroid dienone is 1. The van der Waals surface area contributed by atoms with Gasteiger partial charge in [0.25, 0.3) is 0 Å². The number of pyridine rings is 2. The van der Waals surface area contributed by atoms with Crippen LogP contribution in [-0.2, 0) is 15.9 Å². The Morgan fingerprint density at radius 3 is 2.30 bits per heavy atom. The first-order valence-electron chi connectivity index (χ1n) is 16.9. The molecule has 2 fully saturated rings. The number of aryl methyl sites for hydroxylation is 1. The third-order valence-electron chi connectivity index (χ3n) is 9.17.